The number of fused-ring (bicyclic) bond motifs is 1. The number of carbonyl (C=O) groups excluding carboxylic acids is 2. The van der Waals surface area contributed by atoms with Crippen LogP contribution in [0.3, 0.4) is 0 Å². The summed E-state index contributed by atoms with van der Waals surface area (Å²) in [7, 11) is 0. The van der Waals surface area contributed by atoms with Gasteiger partial charge in [-0.25, -0.2) is 4.98 Å². The fourth-order valence-corrected chi connectivity index (χ4v) is 2.84. The van der Waals surface area contributed by atoms with Crippen LogP contribution in [0.1, 0.15) is 20.3 Å². The fraction of sp³-hybridized carbons (Fsp3) is 0.438. The summed E-state index contributed by atoms with van der Waals surface area (Å²) in [4.78, 5) is 27.9. The first kappa shape index (κ1) is 14.6. The van der Waals surface area contributed by atoms with Crippen molar-refractivity contribution in [2.24, 2.45) is 5.92 Å². The van der Waals surface area contributed by atoms with E-state index in [0.717, 1.165) is 11.0 Å². The molecule has 6 nitrogen and oxygen atoms in total. The quantitative estimate of drug-likeness (QED) is 0.868. The molecule has 3 rings (SSSR count). The lowest BCUT2D eigenvalue weighted by Crippen LogP contribution is -2.41. The monoisotopic (exact) mass is 301 g/mol. The average Bonchev–Trinajstić information content (AvgIpc) is 2.99. The average molecular weight is 301 g/mol. The summed E-state index contributed by atoms with van der Waals surface area (Å²) in [6, 6.07) is 7.86. The van der Waals surface area contributed by atoms with Crippen molar-refractivity contribution in [3.8, 4) is 0 Å². The molecule has 1 aromatic carbocycles. The molecule has 1 aromatic heterocycles. The van der Waals surface area contributed by atoms with E-state index in [1.54, 1.807) is 20.2 Å². The minimum Gasteiger partial charge on any atom is -0.459 e. The summed E-state index contributed by atoms with van der Waals surface area (Å²) in [5.41, 5.74) is 1.24. The molecule has 0 radical (unpaired) electrons. The number of cyclic esters (lactones) is 1. The summed E-state index contributed by atoms with van der Waals surface area (Å²) in [5.74, 6) is -0.884. The summed E-state index contributed by atoms with van der Waals surface area (Å²) < 4.78 is 7.17. The smallest absolute Gasteiger partial charge is 0.307 e. The molecule has 1 amide bonds. The van der Waals surface area contributed by atoms with E-state index in [9.17, 15) is 9.59 Å². The van der Waals surface area contributed by atoms with Gasteiger partial charge in [0, 0.05) is 13.1 Å². The lowest BCUT2D eigenvalue weighted by Gasteiger charge is -2.23. The van der Waals surface area contributed by atoms with Gasteiger partial charge in [0.25, 0.3) is 0 Å². The Morgan fingerprint density at radius 2 is 2.23 bits per heavy atom. The van der Waals surface area contributed by atoms with Crippen LogP contribution >= 0.6 is 0 Å². The Bertz CT molecular complexity index is 720. The number of ether oxygens (including phenoxy) is 1. The maximum absolute atomic E-state index is 12.2. The highest BCUT2D eigenvalue weighted by atomic mass is 16.6. The highest BCUT2D eigenvalue weighted by molar-refractivity contribution is 5.87. The van der Waals surface area contributed by atoms with Crippen molar-refractivity contribution in [3.63, 3.8) is 0 Å². The summed E-state index contributed by atoms with van der Waals surface area (Å²) in [6.45, 7) is 4.66. The van der Waals surface area contributed by atoms with Crippen LogP contribution in [0.25, 0.3) is 11.0 Å². The van der Waals surface area contributed by atoms with E-state index >= 15 is 0 Å². The number of hydrogen-bond acceptors (Lipinski definition) is 4. The number of amides is 1. The van der Waals surface area contributed by atoms with E-state index in [-0.39, 0.29) is 18.3 Å². The fourth-order valence-electron chi connectivity index (χ4n) is 2.84. The molecule has 0 saturated carbocycles. The molecule has 1 aliphatic rings. The molecule has 0 spiro atoms. The van der Waals surface area contributed by atoms with E-state index in [0.29, 0.717) is 13.1 Å². The first-order valence-electron chi connectivity index (χ1n) is 7.37. The standard InChI is InChI=1S/C16H19N3O3/c1-16(2)11(9-14(20)22-16)15(21)17-7-8-19-10-18-12-5-3-4-6-13(12)19/h3-6,10-11H,7-9H2,1-2H3,(H,17,21)/t11-/m1/s1. The van der Waals surface area contributed by atoms with Gasteiger partial charge in [-0.3, -0.25) is 9.59 Å². The number of nitrogens with zero attached hydrogens (tertiary/aromatic N) is 2. The van der Waals surface area contributed by atoms with Crippen molar-refractivity contribution in [2.75, 3.05) is 6.54 Å². The molecule has 0 bridgehead atoms. The van der Waals surface area contributed by atoms with Gasteiger partial charge < -0.3 is 14.6 Å². The Balaban J connectivity index is 1.59. The van der Waals surface area contributed by atoms with Gasteiger partial charge in [0.1, 0.15) is 5.60 Å². The van der Waals surface area contributed by atoms with Crippen molar-refractivity contribution >= 4 is 22.9 Å². The Labute approximate surface area is 128 Å². The number of nitrogens with one attached hydrogen (secondary N) is 1. The van der Waals surface area contributed by atoms with Crippen LogP contribution in [0, 0.1) is 5.92 Å². The first-order valence-corrected chi connectivity index (χ1v) is 7.37. The zero-order valence-corrected chi connectivity index (χ0v) is 12.7. The topological polar surface area (TPSA) is 73.2 Å². The number of hydrogen-bond donors (Lipinski definition) is 1. The highest BCUT2D eigenvalue weighted by Crippen LogP contribution is 2.32. The third-order valence-corrected chi connectivity index (χ3v) is 4.08. The zero-order chi connectivity index (χ0) is 15.7. The number of para-hydroxylation sites is 2. The van der Waals surface area contributed by atoms with Crippen LogP contribution < -0.4 is 5.32 Å². The predicted molar refractivity (Wildman–Crippen MR) is 81.0 cm³/mol. The molecule has 1 fully saturated rings. The van der Waals surface area contributed by atoms with Crippen LogP contribution in [0.4, 0.5) is 0 Å². The molecule has 0 aliphatic carbocycles. The number of benzene rings is 1. The van der Waals surface area contributed by atoms with Crippen molar-refractivity contribution in [1.29, 1.82) is 0 Å². The second-order valence-electron chi connectivity index (χ2n) is 6.05. The summed E-state index contributed by atoms with van der Waals surface area (Å²) in [6.07, 6.45) is 1.91. The van der Waals surface area contributed by atoms with Gasteiger partial charge in [-0.1, -0.05) is 12.1 Å². The zero-order valence-electron chi connectivity index (χ0n) is 12.7. The molecule has 116 valence electrons. The van der Waals surface area contributed by atoms with Crippen LogP contribution in [0.15, 0.2) is 30.6 Å². The lowest BCUT2D eigenvalue weighted by atomic mass is 9.90. The molecule has 1 N–H and O–H groups in total. The molecular formula is C16H19N3O3. The van der Waals surface area contributed by atoms with Crippen LogP contribution in [-0.4, -0.2) is 33.6 Å². The summed E-state index contributed by atoms with van der Waals surface area (Å²) >= 11 is 0. The maximum atomic E-state index is 12.2. The number of imidazole rings is 1. The van der Waals surface area contributed by atoms with Gasteiger partial charge >= 0.3 is 5.97 Å². The minimum absolute atomic E-state index is 0.139. The molecule has 2 heterocycles. The number of carbonyl (C=O) groups is 2. The Kier molecular flexibility index (Phi) is 3.60. The van der Waals surface area contributed by atoms with Gasteiger partial charge in [0.2, 0.25) is 5.91 Å². The third kappa shape index (κ3) is 2.68. The van der Waals surface area contributed by atoms with Crippen molar-refractivity contribution < 1.29 is 14.3 Å². The molecular weight excluding hydrogens is 282 g/mol. The van der Waals surface area contributed by atoms with E-state index in [2.05, 4.69) is 10.3 Å². The molecule has 0 unspecified atom stereocenters. The number of aromatic nitrogens is 2. The van der Waals surface area contributed by atoms with Gasteiger partial charge in [-0.15, -0.1) is 0 Å². The second kappa shape index (κ2) is 5.44. The number of esters is 1. The molecule has 6 heteroatoms. The van der Waals surface area contributed by atoms with Crippen molar-refractivity contribution in [1.82, 2.24) is 14.9 Å². The van der Waals surface area contributed by atoms with Gasteiger partial charge in [0.15, 0.2) is 0 Å². The Morgan fingerprint density at radius 3 is 2.95 bits per heavy atom. The van der Waals surface area contributed by atoms with Crippen LogP contribution in [0.2, 0.25) is 0 Å². The van der Waals surface area contributed by atoms with E-state index in [1.165, 1.54) is 0 Å². The van der Waals surface area contributed by atoms with Gasteiger partial charge in [-0.05, 0) is 26.0 Å². The lowest BCUT2D eigenvalue weighted by molar-refractivity contribution is -0.147. The van der Waals surface area contributed by atoms with Gasteiger partial charge in [0.05, 0.1) is 29.7 Å². The molecule has 22 heavy (non-hydrogen) atoms. The number of rotatable bonds is 4. The normalized spacial score (nSPS) is 20.1. The highest BCUT2D eigenvalue weighted by Gasteiger charge is 2.45. The maximum Gasteiger partial charge on any atom is 0.307 e. The van der Waals surface area contributed by atoms with E-state index in [1.807, 2.05) is 28.8 Å². The molecule has 1 atom stereocenters. The Morgan fingerprint density at radius 1 is 1.45 bits per heavy atom. The van der Waals surface area contributed by atoms with Crippen molar-refractivity contribution in [2.45, 2.75) is 32.4 Å². The Hall–Kier alpha value is -2.37. The molecule has 1 aliphatic heterocycles. The molecule has 2 aromatic rings. The molecule has 1 saturated heterocycles. The van der Waals surface area contributed by atoms with E-state index < -0.39 is 11.5 Å². The van der Waals surface area contributed by atoms with Crippen LogP contribution in [0.5, 0.6) is 0 Å². The SMILES string of the molecule is CC1(C)OC(=O)C[C@@H]1C(=O)NCCn1cnc2ccccc21. The first-order chi connectivity index (χ1) is 10.5. The third-order valence-electron chi connectivity index (χ3n) is 4.08. The van der Waals surface area contributed by atoms with Gasteiger partial charge in [-0.2, -0.15) is 0 Å². The predicted octanol–water partition coefficient (Wildman–Crippen LogP) is 1.49. The largest absolute Gasteiger partial charge is 0.459 e. The van der Waals surface area contributed by atoms with Crippen molar-refractivity contribution in [3.05, 3.63) is 30.6 Å². The summed E-state index contributed by atoms with van der Waals surface area (Å²) in [5, 5.41) is 2.88. The van der Waals surface area contributed by atoms with Crippen LogP contribution in [-0.2, 0) is 20.9 Å². The second-order valence-corrected chi connectivity index (χ2v) is 6.05. The van der Waals surface area contributed by atoms with E-state index in [4.69, 9.17) is 4.74 Å². The minimum atomic E-state index is -0.733.